The Morgan fingerprint density at radius 3 is 2.68 bits per heavy atom. The van der Waals surface area contributed by atoms with Gasteiger partial charge in [0, 0.05) is 31.8 Å². The number of nitrogens with one attached hydrogen (secondary N) is 1. The molecule has 1 atom stereocenters. The summed E-state index contributed by atoms with van der Waals surface area (Å²) in [6, 6.07) is 1.16. The highest BCUT2D eigenvalue weighted by molar-refractivity contribution is 7.90. The zero-order valence-electron chi connectivity index (χ0n) is 14.4. The third-order valence-electron chi connectivity index (χ3n) is 4.62. The summed E-state index contributed by atoms with van der Waals surface area (Å²) in [6.45, 7) is 0. The third-order valence-corrected chi connectivity index (χ3v) is 5.69. The molecule has 1 unspecified atom stereocenters. The molecule has 0 aromatic carbocycles. The molecule has 2 aromatic rings. The fraction of sp³-hybridized carbons (Fsp3) is 0.562. The first kappa shape index (κ1) is 17.7. The van der Waals surface area contributed by atoms with Gasteiger partial charge in [0.05, 0.1) is 6.20 Å². The van der Waals surface area contributed by atoms with E-state index in [2.05, 4.69) is 15.5 Å². The molecule has 0 bridgehead atoms. The summed E-state index contributed by atoms with van der Waals surface area (Å²) in [5, 5.41) is 11.1. The molecular weight excluding hydrogens is 342 g/mol. The van der Waals surface area contributed by atoms with Crippen LogP contribution in [0.1, 0.15) is 38.1 Å². The van der Waals surface area contributed by atoms with Gasteiger partial charge in [-0.25, -0.2) is 8.42 Å². The molecule has 0 spiro atoms. The van der Waals surface area contributed by atoms with Crippen LogP contribution in [0.4, 0.5) is 5.82 Å². The van der Waals surface area contributed by atoms with Crippen molar-refractivity contribution in [2.45, 2.75) is 43.0 Å². The van der Waals surface area contributed by atoms with Crippen molar-refractivity contribution in [2.24, 2.45) is 13.0 Å². The highest BCUT2D eigenvalue weighted by Crippen LogP contribution is 2.32. The number of carbonyl (C=O) groups is 1. The molecule has 25 heavy (non-hydrogen) atoms. The smallest absolute Gasteiger partial charge is 0.250 e. The van der Waals surface area contributed by atoms with Crippen LogP contribution in [0.5, 0.6) is 0 Å². The van der Waals surface area contributed by atoms with Crippen LogP contribution in [0.25, 0.3) is 0 Å². The second kappa shape index (κ2) is 6.99. The number of rotatable bonds is 6. The number of nitrogens with zero attached hydrogens (tertiary/aromatic N) is 4. The average molecular weight is 365 g/mol. The molecule has 1 N–H and O–H groups in total. The summed E-state index contributed by atoms with van der Waals surface area (Å²) in [7, 11) is -1.58. The van der Waals surface area contributed by atoms with Crippen molar-refractivity contribution in [3.05, 3.63) is 24.7 Å². The van der Waals surface area contributed by atoms with E-state index in [0.29, 0.717) is 18.2 Å². The van der Waals surface area contributed by atoms with Gasteiger partial charge in [-0.1, -0.05) is 25.7 Å². The second-order valence-electron chi connectivity index (χ2n) is 6.69. The first-order chi connectivity index (χ1) is 11.8. The quantitative estimate of drug-likeness (QED) is 0.841. The molecule has 9 heteroatoms. The Bertz CT molecular complexity index is 849. The molecular formula is C16H23N5O3S. The average Bonchev–Trinajstić information content (AvgIpc) is 3.25. The van der Waals surface area contributed by atoms with Crippen molar-refractivity contribution >= 4 is 21.6 Å². The van der Waals surface area contributed by atoms with E-state index in [-0.39, 0.29) is 10.8 Å². The summed E-state index contributed by atoms with van der Waals surface area (Å²) < 4.78 is 26.5. The van der Waals surface area contributed by atoms with Crippen LogP contribution in [-0.4, -0.2) is 40.1 Å². The Labute approximate surface area is 147 Å². The van der Waals surface area contributed by atoms with Crippen LogP contribution >= 0.6 is 0 Å². The minimum Gasteiger partial charge on any atom is -0.307 e. The maximum atomic E-state index is 12.8. The molecule has 2 aromatic heterocycles. The van der Waals surface area contributed by atoms with E-state index in [0.717, 1.165) is 19.1 Å². The van der Waals surface area contributed by atoms with E-state index < -0.39 is 15.9 Å². The van der Waals surface area contributed by atoms with Crippen LogP contribution in [0, 0.1) is 5.92 Å². The topological polar surface area (TPSA) is 98.9 Å². The third kappa shape index (κ3) is 4.28. The van der Waals surface area contributed by atoms with Crippen LogP contribution in [0.2, 0.25) is 0 Å². The summed E-state index contributed by atoms with van der Waals surface area (Å²) in [6.07, 6.45) is 10.8. The highest BCUT2D eigenvalue weighted by Gasteiger charge is 2.28. The number of aryl methyl sites for hydroxylation is 1. The van der Waals surface area contributed by atoms with Crippen molar-refractivity contribution < 1.29 is 13.2 Å². The molecule has 0 radical (unpaired) electrons. The second-order valence-corrected chi connectivity index (χ2v) is 8.71. The summed E-state index contributed by atoms with van der Waals surface area (Å²) in [5.41, 5.74) is 0. The number of hydrogen-bond acceptors (Lipinski definition) is 5. The maximum Gasteiger partial charge on any atom is 0.250 e. The van der Waals surface area contributed by atoms with Crippen molar-refractivity contribution in [2.75, 3.05) is 11.6 Å². The molecule has 0 saturated heterocycles. The molecule has 8 nitrogen and oxygen atoms in total. The molecule has 136 valence electrons. The monoisotopic (exact) mass is 365 g/mol. The minimum atomic E-state index is -3.35. The standard InChI is InChI=1S/C16H23N5O3S/c1-20-8-7-15(19-20)18-16(22)14(9-12-5-3-4-6-12)21-11-13(10-17-21)25(2,23)24/h7-8,10-12,14H,3-6,9H2,1-2H3,(H,18,19,22). The lowest BCUT2D eigenvalue weighted by atomic mass is 9.98. The number of sulfone groups is 1. The number of amides is 1. The predicted molar refractivity (Wildman–Crippen MR) is 92.8 cm³/mol. The number of carbonyl (C=O) groups excluding carboxylic acids is 1. The van der Waals surface area contributed by atoms with E-state index in [4.69, 9.17) is 0 Å². The largest absolute Gasteiger partial charge is 0.307 e. The number of hydrogen-bond donors (Lipinski definition) is 1. The molecule has 2 heterocycles. The Hall–Kier alpha value is -2.16. The summed E-state index contributed by atoms with van der Waals surface area (Å²) in [5.74, 6) is 0.693. The SMILES string of the molecule is Cn1ccc(NC(=O)C(CC2CCCC2)n2cc(S(C)(=O)=O)cn2)n1. The number of anilines is 1. The first-order valence-electron chi connectivity index (χ1n) is 8.37. The summed E-state index contributed by atoms with van der Waals surface area (Å²) >= 11 is 0. The van der Waals surface area contributed by atoms with Crippen LogP contribution < -0.4 is 5.32 Å². The lowest BCUT2D eigenvalue weighted by molar-refractivity contribution is -0.120. The van der Waals surface area contributed by atoms with E-state index in [1.165, 1.54) is 29.9 Å². The molecule has 1 aliphatic rings. The Morgan fingerprint density at radius 1 is 1.40 bits per heavy atom. The first-order valence-corrected chi connectivity index (χ1v) is 10.3. The fourth-order valence-corrected chi connectivity index (χ4v) is 3.81. The van der Waals surface area contributed by atoms with E-state index in [1.807, 2.05) is 0 Å². The van der Waals surface area contributed by atoms with Gasteiger partial charge in [0.15, 0.2) is 15.7 Å². The summed E-state index contributed by atoms with van der Waals surface area (Å²) in [4.78, 5) is 12.9. The molecule has 1 amide bonds. The normalized spacial score (nSPS) is 16.9. The predicted octanol–water partition coefficient (Wildman–Crippen LogP) is 1.78. The Kier molecular flexibility index (Phi) is 4.94. The molecule has 1 aliphatic carbocycles. The zero-order chi connectivity index (χ0) is 18.0. The van der Waals surface area contributed by atoms with Crippen LogP contribution in [-0.2, 0) is 21.7 Å². The van der Waals surface area contributed by atoms with Gasteiger partial charge in [0.1, 0.15) is 10.9 Å². The maximum absolute atomic E-state index is 12.8. The molecule has 1 fully saturated rings. The van der Waals surface area contributed by atoms with Crippen LogP contribution in [0.15, 0.2) is 29.6 Å². The van der Waals surface area contributed by atoms with Gasteiger partial charge < -0.3 is 5.32 Å². The van der Waals surface area contributed by atoms with Crippen molar-refractivity contribution in [3.63, 3.8) is 0 Å². The van der Waals surface area contributed by atoms with E-state index >= 15 is 0 Å². The van der Waals surface area contributed by atoms with Gasteiger partial charge in [0.2, 0.25) is 5.91 Å². The van der Waals surface area contributed by atoms with Gasteiger partial charge >= 0.3 is 0 Å². The van der Waals surface area contributed by atoms with Gasteiger partial charge in [-0.15, -0.1) is 0 Å². The fourth-order valence-electron chi connectivity index (χ4n) is 3.27. The minimum absolute atomic E-state index is 0.120. The Balaban J connectivity index is 1.83. The van der Waals surface area contributed by atoms with Gasteiger partial charge in [-0.2, -0.15) is 10.2 Å². The lowest BCUT2D eigenvalue weighted by Gasteiger charge is -2.20. The van der Waals surface area contributed by atoms with Gasteiger partial charge in [-0.05, 0) is 12.3 Å². The van der Waals surface area contributed by atoms with Crippen molar-refractivity contribution in [1.82, 2.24) is 19.6 Å². The highest BCUT2D eigenvalue weighted by atomic mass is 32.2. The molecule has 1 saturated carbocycles. The molecule has 0 aliphatic heterocycles. The lowest BCUT2D eigenvalue weighted by Crippen LogP contribution is -2.28. The van der Waals surface area contributed by atoms with Crippen LogP contribution in [0.3, 0.4) is 0 Å². The number of aromatic nitrogens is 4. The molecule has 3 rings (SSSR count). The van der Waals surface area contributed by atoms with Gasteiger partial charge in [-0.3, -0.25) is 14.2 Å². The Morgan fingerprint density at radius 2 is 2.12 bits per heavy atom. The van der Waals surface area contributed by atoms with E-state index in [1.54, 1.807) is 24.0 Å². The van der Waals surface area contributed by atoms with Gasteiger partial charge in [0.25, 0.3) is 0 Å². The van der Waals surface area contributed by atoms with E-state index in [9.17, 15) is 13.2 Å². The zero-order valence-corrected chi connectivity index (χ0v) is 15.2. The van der Waals surface area contributed by atoms with Crippen molar-refractivity contribution in [3.8, 4) is 0 Å². The van der Waals surface area contributed by atoms with Crippen molar-refractivity contribution in [1.29, 1.82) is 0 Å².